The first-order chi connectivity index (χ1) is 6.27. The van der Waals surface area contributed by atoms with Crippen LogP contribution in [0.2, 0.25) is 0 Å². The van der Waals surface area contributed by atoms with E-state index in [9.17, 15) is 4.79 Å². The fourth-order valence-corrected chi connectivity index (χ4v) is 1.04. The van der Waals surface area contributed by atoms with Crippen LogP contribution in [0.1, 0.15) is 0 Å². The monoisotopic (exact) mass is 178 g/mol. The lowest BCUT2D eigenvalue weighted by molar-refractivity contribution is 0.205. The molecule has 0 radical (unpaired) electrons. The summed E-state index contributed by atoms with van der Waals surface area (Å²) in [6.07, 6.45) is -1.17. The average Bonchev–Trinajstić information content (AvgIpc) is 2.48. The molecule has 2 N–H and O–H groups in total. The van der Waals surface area contributed by atoms with E-state index in [2.05, 4.69) is 15.7 Å². The van der Waals surface area contributed by atoms with Crippen LogP contribution in [0.25, 0.3) is 11.0 Å². The minimum absolute atomic E-state index is 0.630. The molecule has 0 aliphatic rings. The van der Waals surface area contributed by atoms with Crippen LogP contribution >= 0.6 is 0 Å². The molecule has 1 aromatic carbocycles. The van der Waals surface area contributed by atoms with Gasteiger partial charge in [-0.15, -0.1) is 9.89 Å². The summed E-state index contributed by atoms with van der Waals surface area (Å²) in [6.45, 7) is 0. The number of nitrogens with zero attached hydrogens (tertiary/aromatic N) is 3. The lowest BCUT2D eigenvalue weighted by Crippen LogP contribution is -2.21. The fraction of sp³-hybridized carbons (Fsp3) is 0. The summed E-state index contributed by atoms with van der Waals surface area (Å²) in [7, 11) is 0. The molecule has 0 spiro atoms. The highest BCUT2D eigenvalue weighted by atomic mass is 16.4. The zero-order valence-electron chi connectivity index (χ0n) is 6.51. The second-order valence-electron chi connectivity index (χ2n) is 2.41. The van der Waals surface area contributed by atoms with Crippen LogP contribution < -0.4 is 5.43 Å². The molecular weight excluding hydrogens is 172 g/mol. The van der Waals surface area contributed by atoms with Crippen LogP contribution in [-0.2, 0) is 0 Å². The Morgan fingerprint density at radius 1 is 1.46 bits per heavy atom. The zero-order valence-corrected chi connectivity index (χ0v) is 6.51. The molecule has 0 fully saturated rings. The second kappa shape index (κ2) is 2.74. The highest BCUT2D eigenvalue weighted by Gasteiger charge is 2.04. The highest BCUT2D eigenvalue weighted by molar-refractivity contribution is 5.79. The van der Waals surface area contributed by atoms with Gasteiger partial charge in [-0.2, -0.15) is 0 Å². The van der Waals surface area contributed by atoms with Crippen LogP contribution in [0.15, 0.2) is 24.3 Å². The second-order valence-corrected chi connectivity index (χ2v) is 2.41. The Bertz CT molecular complexity index is 450. The maximum absolute atomic E-state index is 10.3. The van der Waals surface area contributed by atoms with Crippen LogP contribution in [-0.4, -0.2) is 26.3 Å². The SMILES string of the molecule is O=C(O)Nn1nnc2ccccc21. The number of rotatable bonds is 1. The maximum Gasteiger partial charge on any atom is 0.425 e. The lowest BCUT2D eigenvalue weighted by Gasteiger charge is -1.98. The third-order valence-electron chi connectivity index (χ3n) is 1.55. The number of hydrogen-bond acceptors (Lipinski definition) is 3. The van der Waals surface area contributed by atoms with Crippen LogP contribution in [0, 0.1) is 0 Å². The molecule has 0 bridgehead atoms. The summed E-state index contributed by atoms with van der Waals surface area (Å²) in [4.78, 5) is 11.4. The maximum atomic E-state index is 10.3. The molecule has 6 heteroatoms. The minimum atomic E-state index is -1.17. The molecule has 6 nitrogen and oxygen atoms in total. The van der Waals surface area contributed by atoms with Crippen LogP contribution in [0.4, 0.5) is 4.79 Å². The molecule has 2 rings (SSSR count). The molecule has 0 saturated heterocycles. The van der Waals surface area contributed by atoms with Crippen molar-refractivity contribution < 1.29 is 9.90 Å². The van der Waals surface area contributed by atoms with Gasteiger partial charge in [-0.05, 0) is 17.3 Å². The van der Waals surface area contributed by atoms with E-state index >= 15 is 0 Å². The molecule has 0 aliphatic carbocycles. The molecule has 0 saturated carbocycles. The summed E-state index contributed by atoms with van der Waals surface area (Å²) in [6, 6.07) is 7.07. The van der Waals surface area contributed by atoms with Crippen LogP contribution in [0.3, 0.4) is 0 Å². The van der Waals surface area contributed by atoms with Crippen molar-refractivity contribution in [3.63, 3.8) is 0 Å². The Morgan fingerprint density at radius 3 is 3.00 bits per heavy atom. The molecule has 1 amide bonds. The van der Waals surface area contributed by atoms with E-state index < -0.39 is 6.09 Å². The van der Waals surface area contributed by atoms with E-state index in [1.165, 1.54) is 0 Å². The van der Waals surface area contributed by atoms with Gasteiger partial charge in [0.1, 0.15) is 11.0 Å². The van der Waals surface area contributed by atoms with Gasteiger partial charge in [0.15, 0.2) is 0 Å². The van der Waals surface area contributed by atoms with Crippen molar-refractivity contribution in [3.05, 3.63) is 24.3 Å². The molecular formula is C7H6N4O2. The van der Waals surface area contributed by atoms with E-state index in [0.717, 1.165) is 4.79 Å². The number of carbonyl (C=O) groups is 1. The van der Waals surface area contributed by atoms with Crippen molar-refractivity contribution in [2.45, 2.75) is 0 Å². The van der Waals surface area contributed by atoms with Gasteiger partial charge in [-0.25, -0.2) is 10.2 Å². The Labute approximate surface area is 72.7 Å². The summed E-state index contributed by atoms with van der Waals surface area (Å²) in [5, 5.41) is 15.8. The molecule has 13 heavy (non-hydrogen) atoms. The van der Waals surface area contributed by atoms with Gasteiger partial charge in [0.05, 0.1) is 0 Å². The van der Waals surface area contributed by atoms with Gasteiger partial charge in [0.25, 0.3) is 0 Å². The smallest absolute Gasteiger partial charge is 0.425 e. The molecule has 0 atom stereocenters. The Balaban J connectivity index is 2.51. The van der Waals surface area contributed by atoms with Crippen LogP contribution in [0.5, 0.6) is 0 Å². The van der Waals surface area contributed by atoms with Gasteiger partial charge < -0.3 is 5.11 Å². The van der Waals surface area contributed by atoms with Crippen molar-refractivity contribution in [2.24, 2.45) is 0 Å². The number of benzene rings is 1. The first-order valence-electron chi connectivity index (χ1n) is 3.58. The standard InChI is InChI=1S/C7H6N4O2/c12-7(13)9-11-6-4-2-1-3-5(6)8-10-11/h1-4,9H,(H,12,13). The van der Waals surface area contributed by atoms with Gasteiger partial charge in [0.2, 0.25) is 0 Å². The number of amides is 1. The topological polar surface area (TPSA) is 80.0 Å². The molecule has 1 aromatic heterocycles. The Hall–Kier alpha value is -2.11. The summed E-state index contributed by atoms with van der Waals surface area (Å²) < 4.78 is 0. The minimum Gasteiger partial charge on any atom is -0.464 e. The van der Waals surface area contributed by atoms with Gasteiger partial charge in [-0.1, -0.05) is 12.1 Å². The predicted molar refractivity (Wildman–Crippen MR) is 44.9 cm³/mol. The Kier molecular flexibility index (Phi) is 1.59. The third-order valence-corrected chi connectivity index (χ3v) is 1.55. The molecule has 0 unspecified atom stereocenters. The predicted octanol–water partition coefficient (Wildman–Crippen LogP) is 0.653. The average molecular weight is 178 g/mol. The molecule has 0 aliphatic heterocycles. The summed E-state index contributed by atoms with van der Waals surface area (Å²) in [5.74, 6) is 0. The number of para-hydroxylation sites is 1. The van der Waals surface area contributed by atoms with Crippen molar-refractivity contribution >= 4 is 17.1 Å². The first kappa shape index (κ1) is 7.53. The number of hydrogen-bond donors (Lipinski definition) is 2. The molecule has 2 aromatic rings. The fourth-order valence-electron chi connectivity index (χ4n) is 1.04. The van der Waals surface area contributed by atoms with Gasteiger partial charge in [-0.3, -0.25) is 0 Å². The summed E-state index contributed by atoms with van der Waals surface area (Å²) in [5.41, 5.74) is 3.37. The van der Waals surface area contributed by atoms with Crippen molar-refractivity contribution in [1.82, 2.24) is 15.1 Å². The Morgan fingerprint density at radius 2 is 2.23 bits per heavy atom. The molecule has 66 valence electrons. The molecule has 1 heterocycles. The van der Waals surface area contributed by atoms with E-state index in [4.69, 9.17) is 5.11 Å². The van der Waals surface area contributed by atoms with E-state index in [-0.39, 0.29) is 0 Å². The quantitative estimate of drug-likeness (QED) is 0.671. The lowest BCUT2D eigenvalue weighted by atomic mass is 10.3. The number of nitrogens with one attached hydrogen (secondary N) is 1. The number of aromatic nitrogens is 3. The largest absolute Gasteiger partial charge is 0.464 e. The first-order valence-corrected chi connectivity index (χ1v) is 3.58. The van der Waals surface area contributed by atoms with Crippen molar-refractivity contribution in [3.8, 4) is 0 Å². The normalized spacial score (nSPS) is 10.2. The van der Waals surface area contributed by atoms with Gasteiger partial charge in [0, 0.05) is 0 Å². The zero-order chi connectivity index (χ0) is 9.26. The van der Waals surface area contributed by atoms with E-state index in [1.807, 2.05) is 6.07 Å². The van der Waals surface area contributed by atoms with E-state index in [0.29, 0.717) is 11.0 Å². The summed E-state index contributed by atoms with van der Waals surface area (Å²) >= 11 is 0. The van der Waals surface area contributed by atoms with Crippen molar-refractivity contribution in [1.29, 1.82) is 0 Å². The van der Waals surface area contributed by atoms with Crippen molar-refractivity contribution in [2.75, 3.05) is 5.43 Å². The van der Waals surface area contributed by atoms with Gasteiger partial charge >= 0.3 is 6.09 Å². The third kappa shape index (κ3) is 1.28. The number of carboxylic acid groups (broad SMARTS) is 1. The number of fused-ring (bicyclic) bond motifs is 1. The highest BCUT2D eigenvalue weighted by Crippen LogP contribution is 2.07. The van der Waals surface area contributed by atoms with E-state index in [1.54, 1.807) is 18.2 Å².